The maximum atomic E-state index is 12.0. The fourth-order valence-electron chi connectivity index (χ4n) is 1.76. The number of nitrogens with zero attached hydrogens (tertiary/aromatic N) is 1. The van der Waals surface area contributed by atoms with E-state index in [-0.39, 0.29) is 5.91 Å². The number of carbonyl (C=O) groups is 1. The maximum absolute atomic E-state index is 12.0. The SMILES string of the molecule is Cc1cc(C(=O)NCCc2ccncc2)ccc1Br. The van der Waals surface area contributed by atoms with Crippen LogP contribution in [0.5, 0.6) is 0 Å². The molecule has 1 aromatic carbocycles. The van der Waals surface area contributed by atoms with Gasteiger partial charge in [0.2, 0.25) is 0 Å². The third-order valence-corrected chi connectivity index (χ3v) is 3.76. The highest BCUT2D eigenvalue weighted by Crippen LogP contribution is 2.16. The number of halogens is 1. The Morgan fingerprint density at radius 3 is 2.68 bits per heavy atom. The van der Waals surface area contributed by atoms with Crippen LogP contribution in [0.2, 0.25) is 0 Å². The van der Waals surface area contributed by atoms with Gasteiger partial charge in [-0.3, -0.25) is 9.78 Å². The average molecular weight is 319 g/mol. The van der Waals surface area contributed by atoms with Crippen LogP contribution in [0.4, 0.5) is 0 Å². The van der Waals surface area contributed by atoms with Crippen molar-refractivity contribution >= 4 is 21.8 Å². The van der Waals surface area contributed by atoms with Gasteiger partial charge in [-0.1, -0.05) is 15.9 Å². The molecule has 0 saturated carbocycles. The van der Waals surface area contributed by atoms with E-state index in [9.17, 15) is 4.79 Å². The second-order valence-corrected chi connectivity index (χ2v) is 5.18. The number of aryl methyl sites for hydroxylation is 1. The summed E-state index contributed by atoms with van der Waals surface area (Å²) in [5.74, 6) is -0.0374. The topological polar surface area (TPSA) is 42.0 Å². The van der Waals surface area contributed by atoms with Gasteiger partial charge in [-0.25, -0.2) is 0 Å². The van der Waals surface area contributed by atoms with Gasteiger partial charge in [-0.15, -0.1) is 0 Å². The van der Waals surface area contributed by atoms with Crippen LogP contribution in [0.3, 0.4) is 0 Å². The summed E-state index contributed by atoms with van der Waals surface area (Å²) in [5.41, 5.74) is 2.92. The van der Waals surface area contributed by atoms with Crippen molar-refractivity contribution in [3.63, 3.8) is 0 Å². The molecule has 0 fully saturated rings. The van der Waals surface area contributed by atoms with E-state index in [2.05, 4.69) is 26.2 Å². The number of nitrogens with one attached hydrogen (secondary N) is 1. The Labute approximate surface area is 121 Å². The van der Waals surface area contributed by atoms with Crippen LogP contribution in [0, 0.1) is 6.92 Å². The number of rotatable bonds is 4. The van der Waals surface area contributed by atoms with Gasteiger partial charge in [0.05, 0.1) is 0 Å². The zero-order valence-electron chi connectivity index (χ0n) is 10.7. The van der Waals surface area contributed by atoms with Gasteiger partial charge in [0.25, 0.3) is 5.91 Å². The molecule has 98 valence electrons. The summed E-state index contributed by atoms with van der Waals surface area (Å²) in [4.78, 5) is 15.9. The van der Waals surface area contributed by atoms with Crippen LogP contribution in [-0.4, -0.2) is 17.4 Å². The number of benzene rings is 1. The first-order valence-corrected chi connectivity index (χ1v) is 6.89. The van der Waals surface area contributed by atoms with E-state index in [1.807, 2.05) is 37.3 Å². The first-order valence-electron chi connectivity index (χ1n) is 6.10. The molecular weight excluding hydrogens is 304 g/mol. The first kappa shape index (κ1) is 13.7. The van der Waals surface area contributed by atoms with E-state index < -0.39 is 0 Å². The van der Waals surface area contributed by atoms with Crippen molar-refractivity contribution in [1.82, 2.24) is 10.3 Å². The summed E-state index contributed by atoms with van der Waals surface area (Å²) in [6.07, 6.45) is 4.33. The number of carbonyl (C=O) groups excluding carboxylic acids is 1. The van der Waals surface area contributed by atoms with Crippen molar-refractivity contribution in [1.29, 1.82) is 0 Å². The van der Waals surface area contributed by atoms with Crippen molar-refractivity contribution in [2.75, 3.05) is 6.54 Å². The van der Waals surface area contributed by atoms with Gasteiger partial charge in [0, 0.05) is 29.0 Å². The van der Waals surface area contributed by atoms with E-state index in [0.717, 1.165) is 16.5 Å². The van der Waals surface area contributed by atoms with Gasteiger partial charge in [0.1, 0.15) is 0 Å². The van der Waals surface area contributed by atoms with E-state index in [4.69, 9.17) is 0 Å². The standard InChI is InChI=1S/C15H15BrN2O/c1-11-10-13(2-3-14(11)16)15(19)18-9-6-12-4-7-17-8-5-12/h2-5,7-8,10H,6,9H2,1H3,(H,18,19). The molecule has 0 saturated heterocycles. The van der Waals surface area contributed by atoms with Crippen LogP contribution in [0.25, 0.3) is 0 Å². The lowest BCUT2D eigenvalue weighted by Gasteiger charge is -2.06. The molecule has 2 rings (SSSR count). The highest BCUT2D eigenvalue weighted by Gasteiger charge is 2.06. The zero-order valence-corrected chi connectivity index (χ0v) is 12.3. The first-order chi connectivity index (χ1) is 9.16. The number of aromatic nitrogens is 1. The lowest BCUT2D eigenvalue weighted by atomic mass is 10.1. The molecule has 0 spiro atoms. The summed E-state index contributed by atoms with van der Waals surface area (Å²) in [7, 11) is 0. The van der Waals surface area contributed by atoms with Crippen molar-refractivity contribution < 1.29 is 4.79 Å². The number of hydrogen-bond acceptors (Lipinski definition) is 2. The minimum atomic E-state index is -0.0374. The molecule has 4 heteroatoms. The summed E-state index contributed by atoms with van der Waals surface area (Å²) < 4.78 is 1.01. The normalized spacial score (nSPS) is 10.2. The quantitative estimate of drug-likeness (QED) is 0.941. The third-order valence-electron chi connectivity index (χ3n) is 2.87. The largest absolute Gasteiger partial charge is 0.352 e. The zero-order chi connectivity index (χ0) is 13.7. The Morgan fingerprint density at radius 1 is 1.26 bits per heavy atom. The second-order valence-electron chi connectivity index (χ2n) is 4.33. The lowest BCUT2D eigenvalue weighted by Crippen LogP contribution is -2.25. The van der Waals surface area contributed by atoms with Crippen LogP contribution in [-0.2, 0) is 6.42 Å². The molecule has 0 atom stereocenters. The van der Waals surface area contributed by atoms with E-state index in [1.54, 1.807) is 12.4 Å². The summed E-state index contributed by atoms with van der Waals surface area (Å²) >= 11 is 3.42. The fourth-order valence-corrected chi connectivity index (χ4v) is 2.00. The van der Waals surface area contributed by atoms with Crippen molar-refractivity contribution in [2.24, 2.45) is 0 Å². The molecule has 3 nitrogen and oxygen atoms in total. The number of hydrogen-bond donors (Lipinski definition) is 1. The summed E-state index contributed by atoms with van der Waals surface area (Å²) in [6.45, 7) is 2.59. The molecule has 2 aromatic rings. The monoisotopic (exact) mass is 318 g/mol. The molecule has 0 bridgehead atoms. The molecule has 0 aliphatic rings. The fraction of sp³-hybridized carbons (Fsp3) is 0.200. The Morgan fingerprint density at radius 2 is 2.00 bits per heavy atom. The second kappa shape index (κ2) is 6.48. The van der Waals surface area contributed by atoms with E-state index >= 15 is 0 Å². The third kappa shape index (κ3) is 3.89. The Kier molecular flexibility index (Phi) is 4.68. The van der Waals surface area contributed by atoms with Crippen LogP contribution in [0.1, 0.15) is 21.5 Å². The highest BCUT2D eigenvalue weighted by atomic mass is 79.9. The predicted octanol–water partition coefficient (Wildman–Crippen LogP) is 3.13. The van der Waals surface area contributed by atoms with Gasteiger partial charge in [0.15, 0.2) is 0 Å². The molecule has 0 radical (unpaired) electrons. The van der Waals surface area contributed by atoms with Crippen LogP contribution in [0.15, 0.2) is 47.2 Å². The molecule has 0 aliphatic heterocycles. The van der Waals surface area contributed by atoms with Crippen LogP contribution < -0.4 is 5.32 Å². The highest BCUT2D eigenvalue weighted by molar-refractivity contribution is 9.10. The molecule has 1 N–H and O–H groups in total. The Balaban J connectivity index is 1.89. The van der Waals surface area contributed by atoms with Gasteiger partial charge in [-0.2, -0.15) is 0 Å². The van der Waals surface area contributed by atoms with Crippen molar-refractivity contribution in [2.45, 2.75) is 13.3 Å². The van der Waals surface area contributed by atoms with Crippen molar-refractivity contribution in [3.05, 3.63) is 63.9 Å². The molecule has 1 aromatic heterocycles. The molecule has 1 heterocycles. The van der Waals surface area contributed by atoms with Gasteiger partial charge in [-0.05, 0) is 54.8 Å². The van der Waals surface area contributed by atoms with Crippen LogP contribution >= 0.6 is 15.9 Å². The predicted molar refractivity (Wildman–Crippen MR) is 79.2 cm³/mol. The molecule has 1 amide bonds. The number of amides is 1. The van der Waals surface area contributed by atoms with Crippen molar-refractivity contribution in [3.8, 4) is 0 Å². The minimum Gasteiger partial charge on any atom is -0.352 e. The molecule has 0 unspecified atom stereocenters. The maximum Gasteiger partial charge on any atom is 0.251 e. The summed E-state index contributed by atoms with van der Waals surface area (Å²) in [6, 6.07) is 9.50. The Bertz CT molecular complexity index is 570. The minimum absolute atomic E-state index is 0.0374. The van der Waals surface area contributed by atoms with Gasteiger partial charge < -0.3 is 5.32 Å². The molecule has 19 heavy (non-hydrogen) atoms. The van der Waals surface area contributed by atoms with E-state index in [0.29, 0.717) is 12.1 Å². The lowest BCUT2D eigenvalue weighted by molar-refractivity contribution is 0.0954. The molecule has 0 aliphatic carbocycles. The van der Waals surface area contributed by atoms with Gasteiger partial charge >= 0.3 is 0 Å². The van der Waals surface area contributed by atoms with E-state index in [1.165, 1.54) is 5.56 Å². The smallest absolute Gasteiger partial charge is 0.251 e. The Hall–Kier alpha value is -1.68. The average Bonchev–Trinajstić information content (AvgIpc) is 2.43. The molecular formula is C15H15BrN2O. The number of pyridine rings is 1. The summed E-state index contributed by atoms with van der Waals surface area (Å²) in [5, 5.41) is 2.92.